The third kappa shape index (κ3) is 8.10. The van der Waals surface area contributed by atoms with Gasteiger partial charge in [-0.1, -0.05) is 51.6 Å². The van der Waals surface area contributed by atoms with E-state index < -0.39 is 11.7 Å². The Labute approximate surface area is 189 Å². The molecule has 0 bridgehead atoms. The zero-order valence-corrected chi connectivity index (χ0v) is 18.0. The molecule has 0 aliphatic carbocycles. The predicted octanol–water partition coefficient (Wildman–Crippen LogP) is 6.53. The first-order valence-electron chi connectivity index (χ1n) is 8.11. The van der Waals surface area contributed by atoms with Gasteiger partial charge in [0.15, 0.2) is 6.61 Å². The molecule has 0 saturated heterocycles. The lowest BCUT2D eigenvalue weighted by molar-refractivity contribution is -0.137. The van der Waals surface area contributed by atoms with Crippen molar-refractivity contribution in [1.29, 1.82) is 0 Å². The highest BCUT2D eigenvalue weighted by Crippen LogP contribution is 2.30. The monoisotopic (exact) mass is 502 g/mol. The molecule has 0 fully saturated rings. The molecule has 0 atom stereocenters. The van der Waals surface area contributed by atoms with E-state index in [1.807, 2.05) is 0 Å². The summed E-state index contributed by atoms with van der Waals surface area (Å²) < 4.78 is 48.0. The smallest absolute Gasteiger partial charge is 0.417 e. The average molecular weight is 504 g/mol. The van der Waals surface area contributed by atoms with Crippen molar-refractivity contribution in [2.24, 2.45) is 5.16 Å². The summed E-state index contributed by atoms with van der Waals surface area (Å²) in [5, 5.41) is 4.28. The van der Waals surface area contributed by atoms with E-state index >= 15 is 0 Å². The SMILES string of the molecule is FC(F)(F)c1ccc(OCCON=Cc2c(Cl)cc(OCC=C(Cl)Cl)cc2Cl)nc1. The molecule has 0 aliphatic heterocycles. The highest BCUT2D eigenvalue weighted by molar-refractivity contribution is 6.55. The highest BCUT2D eigenvalue weighted by atomic mass is 35.5. The molecule has 12 heteroatoms. The highest BCUT2D eigenvalue weighted by Gasteiger charge is 2.30. The number of benzene rings is 1. The van der Waals surface area contributed by atoms with Crippen molar-refractivity contribution in [2.75, 3.05) is 19.8 Å². The fourth-order valence-electron chi connectivity index (χ4n) is 1.93. The van der Waals surface area contributed by atoms with Crippen molar-refractivity contribution in [3.8, 4) is 11.6 Å². The summed E-state index contributed by atoms with van der Waals surface area (Å²) in [6.07, 6.45) is -1.01. The van der Waals surface area contributed by atoms with Crippen LogP contribution in [0.3, 0.4) is 0 Å². The third-order valence-electron chi connectivity index (χ3n) is 3.28. The Kier molecular flexibility index (Phi) is 9.36. The molecule has 2 aromatic rings. The zero-order chi connectivity index (χ0) is 22.1. The normalized spacial score (nSPS) is 11.4. The molecule has 1 aromatic heterocycles. The number of pyridine rings is 1. The van der Waals surface area contributed by atoms with Crippen molar-refractivity contribution in [3.63, 3.8) is 0 Å². The van der Waals surface area contributed by atoms with Gasteiger partial charge in [-0.15, -0.1) is 0 Å². The standard InChI is InChI=1S/C18H13Cl4F3N2O3/c19-14-7-12(28-4-3-16(21)22)8-15(20)13(14)10-27-30-6-5-29-17-2-1-11(9-26-17)18(23,24)25/h1-3,7-10H,4-6H2. The quantitative estimate of drug-likeness (QED) is 0.221. The van der Waals surface area contributed by atoms with Crippen molar-refractivity contribution in [2.45, 2.75) is 6.18 Å². The van der Waals surface area contributed by atoms with Crippen molar-refractivity contribution < 1.29 is 27.5 Å². The molecule has 0 saturated carbocycles. The summed E-state index contributed by atoms with van der Waals surface area (Å²) in [4.78, 5) is 8.59. The number of oxime groups is 1. The molecular formula is C18H13Cl4F3N2O3. The average Bonchev–Trinajstić information content (AvgIpc) is 2.65. The van der Waals surface area contributed by atoms with Crippen LogP contribution in [-0.2, 0) is 11.0 Å². The number of nitrogens with zero attached hydrogens (tertiary/aromatic N) is 2. The molecule has 1 aromatic carbocycles. The van der Waals surface area contributed by atoms with Crippen LogP contribution in [0.25, 0.3) is 0 Å². The van der Waals surface area contributed by atoms with Gasteiger partial charge in [-0.2, -0.15) is 13.2 Å². The first kappa shape index (κ1) is 24.4. The first-order chi connectivity index (χ1) is 14.2. The molecular weight excluding hydrogens is 491 g/mol. The summed E-state index contributed by atoms with van der Waals surface area (Å²) in [7, 11) is 0. The Balaban J connectivity index is 1.80. The Bertz CT molecular complexity index is 880. The van der Waals surface area contributed by atoms with E-state index in [2.05, 4.69) is 10.1 Å². The van der Waals surface area contributed by atoms with E-state index in [9.17, 15) is 13.2 Å². The topological polar surface area (TPSA) is 52.9 Å². The number of ether oxygens (including phenoxy) is 2. The predicted molar refractivity (Wildman–Crippen MR) is 110 cm³/mol. The van der Waals surface area contributed by atoms with Gasteiger partial charge in [0.1, 0.15) is 23.5 Å². The maximum Gasteiger partial charge on any atom is 0.417 e. The second kappa shape index (κ2) is 11.5. The molecule has 0 N–H and O–H groups in total. The number of hydrogen-bond acceptors (Lipinski definition) is 5. The van der Waals surface area contributed by atoms with E-state index in [1.54, 1.807) is 0 Å². The molecule has 1 heterocycles. The van der Waals surface area contributed by atoms with Gasteiger partial charge in [0.25, 0.3) is 0 Å². The van der Waals surface area contributed by atoms with Crippen LogP contribution in [0, 0.1) is 0 Å². The first-order valence-corrected chi connectivity index (χ1v) is 9.62. The lowest BCUT2D eigenvalue weighted by Crippen LogP contribution is -2.08. The van der Waals surface area contributed by atoms with Crippen molar-refractivity contribution in [1.82, 2.24) is 4.98 Å². The summed E-state index contributed by atoms with van der Waals surface area (Å²) in [6, 6.07) is 5.06. The van der Waals surface area contributed by atoms with Gasteiger partial charge in [0, 0.05) is 17.8 Å². The number of alkyl halides is 3. The molecule has 0 unspecified atom stereocenters. The molecule has 0 spiro atoms. The fourth-order valence-corrected chi connectivity index (χ4v) is 2.62. The summed E-state index contributed by atoms with van der Waals surface area (Å²) in [6.45, 7) is 0.168. The van der Waals surface area contributed by atoms with Crippen LogP contribution in [-0.4, -0.2) is 31.0 Å². The molecule has 0 amide bonds. The maximum absolute atomic E-state index is 12.5. The second-order valence-electron chi connectivity index (χ2n) is 5.40. The largest absolute Gasteiger partial charge is 0.489 e. The minimum atomic E-state index is -4.45. The van der Waals surface area contributed by atoms with Crippen molar-refractivity contribution >= 4 is 52.6 Å². The molecule has 30 heavy (non-hydrogen) atoms. The van der Waals surface area contributed by atoms with Crippen LogP contribution in [0.15, 0.2) is 46.2 Å². The molecule has 0 aliphatic rings. The van der Waals surface area contributed by atoms with Gasteiger partial charge in [0.2, 0.25) is 5.88 Å². The van der Waals surface area contributed by atoms with Gasteiger partial charge >= 0.3 is 6.18 Å². The Hall–Kier alpha value is -1.87. The minimum absolute atomic E-state index is 0.0145. The van der Waals surface area contributed by atoms with E-state index in [0.717, 1.165) is 12.1 Å². The fraction of sp³-hybridized carbons (Fsp3) is 0.222. The zero-order valence-electron chi connectivity index (χ0n) is 14.9. The van der Waals surface area contributed by atoms with Crippen molar-refractivity contribution in [3.05, 3.63) is 62.2 Å². The van der Waals surface area contributed by atoms with E-state index in [4.69, 9.17) is 60.7 Å². The lowest BCUT2D eigenvalue weighted by atomic mass is 10.2. The number of aromatic nitrogens is 1. The van der Waals surface area contributed by atoms with Gasteiger partial charge in [-0.05, 0) is 24.3 Å². The number of hydrogen-bond donors (Lipinski definition) is 0. The maximum atomic E-state index is 12.5. The second-order valence-corrected chi connectivity index (χ2v) is 7.23. The molecule has 162 valence electrons. The van der Waals surface area contributed by atoms with Crippen LogP contribution in [0.1, 0.15) is 11.1 Å². The summed E-state index contributed by atoms with van der Waals surface area (Å²) >= 11 is 23.3. The Morgan fingerprint density at radius 3 is 2.33 bits per heavy atom. The van der Waals surface area contributed by atoms with Gasteiger partial charge < -0.3 is 14.3 Å². The van der Waals surface area contributed by atoms with E-state index in [-0.39, 0.29) is 40.2 Å². The minimum Gasteiger partial charge on any atom is -0.489 e. The molecule has 0 radical (unpaired) electrons. The number of rotatable bonds is 9. The van der Waals surface area contributed by atoms with E-state index in [0.29, 0.717) is 17.5 Å². The van der Waals surface area contributed by atoms with Crippen LogP contribution < -0.4 is 9.47 Å². The summed E-state index contributed by atoms with van der Waals surface area (Å²) in [5.74, 6) is 0.439. The molecule has 2 rings (SSSR count). The van der Waals surface area contributed by atoms with Crippen LogP contribution in [0.2, 0.25) is 10.0 Å². The molecule has 5 nitrogen and oxygen atoms in total. The van der Waals surface area contributed by atoms with Gasteiger partial charge in [-0.25, -0.2) is 4.98 Å². The third-order valence-corrected chi connectivity index (χ3v) is 4.22. The van der Waals surface area contributed by atoms with Crippen LogP contribution >= 0.6 is 46.4 Å². The lowest BCUT2D eigenvalue weighted by Gasteiger charge is -2.08. The van der Waals surface area contributed by atoms with Crippen LogP contribution in [0.5, 0.6) is 11.6 Å². The van der Waals surface area contributed by atoms with Gasteiger partial charge in [0.05, 0.1) is 21.8 Å². The van der Waals surface area contributed by atoms with Gasteiger partial charge in [-0.3, -0.25) is 0 Å². The van der Waals surface area contributed by atoms with Crippen LogP contribution in [0.4, 0.5) is 13.2 Å². The number of halogens is 7. The summed E-state index contributed by atoms with van der Waals surface area (Å²) in [5.41, 5.74) is -0.456. The Morgan fingerprint density at radius 1 is 1.07 bits per heavy atom. The van der Waals surface area contributed by atoms with E-state index in [1.165, 1.54) is 24.4 Å². The Morgan fingerprint density at radius 2 is 1.77 bits per heavy atom.